The largest absolute Gasteiger partial charge is 0.294 e. The third-order valence-corrected chi connectivity index (χ3v) is 3.55. The van der Waals surface area contributed by atoms with E-state index in [2.05, 4.69) is 6.92 Å². The monoisotopic (exact) mass is 203 g/mol. The number of carbonyl (C=O) groups excluding carboxylic acids is 1. The number of hydrogen-bond donors (Lipinski definition) is 0. The molecule has 0 N–H and O–H groups in total. The van der Waals surface area contributed by atoms with Gasteiger partial charge < -0.3 is 0 Å². The minimum Gasteiger partial charge on any atom is -0.294 e. The van der Waals surface area contributed by atoms with E-state index in [4.69, 9.17) is 12.2 Å². The molecule has 0 aromatic heterocycles. The fourth-order valence-corrected chi connectivity index (χ4v) is 2.80. The summed E-state index contributed by atoms with van der Waals surface area (Å²) >= 11 is 6.71. The molecule has 0 aromatic rings. The van der Waals surface area contributed by atoms with Crippen LogP contribution in [0.5, 0.6) is 0 Å². The van der Waals surface area contributed by atoms with Crippen LogP contribution in [0.25, 0.3) is 0 Å². The van der Waals surface area contributed by atoms with Gasteiger partial charge >= 0.3 is 0 Å². The molecule has 1 rings (SSSR count). The van der Waals surface area contributed by atoms with E-state index in [0.29, 0.717) is 12.5 Å². The van der Waals surface area contributed by atoms with Crippen LogP contribution in [-0.2, 0) is 4.79 Å². The average molecular weight is 203 g/mol. The maximum atomic E-state index is 11.4. The van der Waals surface area contributed by atoms with Gasteiger partial charge in [0.1, 0.15) is 4.32 Å². The van der Waals surface area contributed by atoms with Crippen molar-refractivity contribution in [1.29, 1.82) is 0 Å². The summed E-state index contributed by atoms with van der Waals surface area (Å²) in [6.45, 7) is 3.97. The maximum Gasteiger partial charge on any atom is 0.228 e. The highest BCUT2D eigenvalue weighted by atomic mass is 32.2. The SMILES string of the molecule is CCC(=O)N1C(=S)SC[C@@H]1CC. The molecule has 1 saturated heterocycles. The molecule has 0 bridgehead atoms. The Morgan fingerprint density at radius 3 is 2.92 bits per heavy atom. The van der Waals surface area contributed by atoms with Crippen molar-refractivity contribution in [3.63, 3.8) is 0 Å². The molecule has 1 heterocycles. The molecule has 0 aliphatic carbocycles. The van der Waals surface area contributed by atoms with E-state index < -0.39 is 0 Å². The molecular weight excluding hydrogens is 190 g/mol. The molecule has 4 heteroatoms. The van der Waals surface area contributed by atoms with Crippen molar-refractivity contribution < 1.29 is 4.79 Å². The smallest absolute Gasteiger partial charge is 0.228 e. The Morgan fingerprint density at radius 1 is 1.75 bits per heavy atom. The van der Waals surface area contributed by atoms with Crippen LogP contribution < -0.4 is 0 Å². The summed E-state index contributed by atoms with van der Waals surface area (Å²) in [6, 6.07) is 0.343. The minimum absolute atomic E-state index is 0.164. The van der Waals surface area contributed by atoms with Gasteiger partial charge in [0.05, 0.1) is 0 Å². The van der Waals surface area contributed by atoms with Crippen LogP contribution in [0.2, 0.25) is 0 Å². The van der Waals surface area contributed by atoms with Crippen LogP contribution in [-0.4, -0.2) is 26.9 Å². The summed E-state index contributed by atoms with van der Waals surface area (Å²) in [5.74, 6) is 1.14. The van der Waals surface area contributed by atoms with E-state index in [0.717, 1.165) is 16.5 Å². The summed E-state index contributed by atoms with van der Waals surface area (Å²) in [5.41, 5.74) is 0. The summed E-state index contributed by atoms with van der Waals surface area (Å²) in [7, 11) is 0. The van der Waals surface area contributed by atoms with Crippen LogP contribution in [0.15, 0.2) is 0 Å². The van der Waals surface area contributed by atoms with Gasteiger partial charge in [-0.05, 0) is 6.42 Å². The van der Waals surface area contributed by atoms with Gasteiger partial charge in [-0.1, -0.05) is 37.8 Å². The van der Waals surface area contributed by atoms with Crippen LogP contribution in [0, 0.1) is 0 Å². The minimum atomic E-state index is 0.164. The van der Waals surface area contributed by atoms with Gasteiger partial charge in [-0.3, -0.25) is 9.69 Å². The van der Waals surface area contributed by atoms with E-state index in [9.17, 15) is 4.79 Å². The van der Waals surface area contributed by atoms with Crippen molar-refractivity contribution in [3.05, 3.63) is 0 Å². The zero-order chi connectivity index (χ0) is 9.14. The Bertz CT molecular complexity index is 205. The van der Waals surface area contributed by atoms with Crippen LogP contribution >= 0.6 is 24.0 Å². The van der Waals surface area contributed by atoms with Crippen molar-refractivity contribution >= 4 is 34.2 Å². The van der Waals surface area contributed by atoms with Gasteiger partial charge in [-0.25, -0.2) is 0 Å². The molecule has 0 unspecified atom stereocenters. The lowest BCUT2D eigenvalue weighted by Gasteiger charge is -2.21. The number of thioether (sulfide) groups is 1. The van der Waals surface area contributed by atoms with Gasteiger partial charge in [0, 0.05) is 18.2 Å². The number of nitrogens with zero attached hydrogens (tertiary/aromatic N) is 1. The highest BCUT2D eigenvalue weighted by molar-refractivity contribution is 8.23. The molecular formula is C8H13NOS2. The zero-order valence-electron chi connectivity index (χ0n) is 7.37. The first-order valence-corrected chi connectivity index (χ1v) is 5.58. The standard InChI is InChI=1S/C8H13NOS2/c1-3-6-5-12-8(11)9(6)7(10)4-2/h6H,3-5H2,1-2H3/t6-/m0/s1. The number of carbonyl (C=O) groups is 1. The second-order valence-corrected chi connectivity index (χ2v) is 4.41. The predicted octanol–water partition coefficient (Wildman–Crippen LogP) is 2.04. The topological polar surface area (TPSA) is 20.3 Å². The molecule has 0 saturated carbocycles. The number of amides is 1. The third-order valence-electron chi connectivity index (χ3n) is 2.00. The summed E-state index contributed by atoms with van der Waals surface area (Å²) < 4.78 is 0.758. The van der Waals surface area contributed by atoms with E-state index in [1.54, 1.807) is 16.7 Å². The molecule has 1 fully saturated rings. The fraction of sp³-hybridized carbons (Fsp3) is 0.750. The first kappa shape index (κ1) is 9.99. The summed E-state index contributed by atoms with van der Waals surface area (Å²) in [5, 5.41) is 0. The van der Waals surface area contributed by atoms with E-state index in [1.807, 2.05) is 6.92 Å². The predicted molar refractivity (Wildman–Crippen MR) is 56.3 cm³/mol. The Hall–Kier alpha value is -0.0900. The second kappa shape index (κ2) is 4.23. The zero-order valence-corrected chi connectivity index (χ0v) is 9.00. The Morgan fingerprint density at radius 2 is 2.42 bits per heavy atom. The highest BCUT2D eigenvalue weighted by Gasteiger charge is 2.31. The molecule has 1 aliphatic rings. The van der Waals surface area contributed by atoms with Crippen LogP contribution in [0.4, 0.5) is 0 Å². The fourth-order valence-electron chi connectivity index (χ4n) is 1.24. The Labute approximate surface area is 82.7 Å². The average Bonchev–Trinajstić information content (AvgIpc) is 2.45. The van der Waals surface area contributed by atoms with Gasteiger partial charge in [0.15, 0.2) is 0 Å². The molecule has 68 valence electrons. The van der Waals surface area contributed by atoms with E-state index in [-0.39, 0.29) is 5.91 Å². The Balaban J connectivity index is 2.70. The van der Waals surface area contributed by atoms with Crippen molar-refractivity contribution in [1.82, 2.24) is 4.90 Å². The van der Waals surface area contributed by atoms with Crippen molar-refractivity contribution in [2.45, 2.75) is 32.7 Å². The second-order valence-electron chi connectivity index (χ2n) is 2.76. The molecule has 1 amide bonds. The number of rotatable bonds is 2. The highest BCUT2D eigenvalue weighted by Crippen LogP contribution is 2.26. The first-order valence-electron chi connectivity index (χ1n) is 4.19. The van der Waals surface area contributed by atoms with E-state index >= 15 is 0 Å². The van der Waals surface area contributed by atoms with Crippen LogP contribution in [0.3, 0.4) is 0 Å². The normalized spacial score (nSPS) is 23.3. The molecule has 0 spiro atoms. The van der Waals surface area contributed by atoms with Crippen molar-refractivity contribution in [3.8, 4) is 0 Å². The van der Waals surface area contributed by atoms with Gasteiger partial charge in [-0.2, -0.15) is 0 Å². The quantitative estimate of drug-likeness (QED) is 0.641. The first-order chi connectivity index (χ1) is 5.70. The van der Waals surface area contributed by atoms with Crippen LogP contribution in [0.1, 0.15) is 26.7 Å². The summed E-state index contributed by atoms with van der Waals surface area (Å²) in [6.07, 6.45) is 1.55. The number of hydrogen-bond acceptors (Lipinski definition) is 3. The summed E-state index contributed by atoms with van der Waals surface area (Å²) in [4.78, 5) is 13.2. The van der Waals surface area contributed by atoms with Gasteiger partial charge in [0.25, 0.3) is 0 Å². The lowest BCUT2D eigenvalue weighted by molar-refractivity contribution is -0.127. The molecule has 0 radical (unpaired) electrons. The maximum absolute atomic E-state index is 11.4. The molecule has 12 heavy (non-hydrogen) atoms. The van der Waals surface area contributed by atoms with Crippen molar-refractivity contribution in [2.75, 3.05) is 5.75 Å². The lowest BCUT2D eigenvalue weighted by atomic mass is 10.2. The lowest BCUT2D eigenvalue weighted by Crippen LogP contribution is -2.37. The van der Waals surface area contributed by atoms with Gasteiger partial charge in [-0.15, -0.1) is 0 Å². The van der Waals surface area contributed by atoms with Crippen molar-refractivity contribution in [2.24, 2.45) is 0 Å². The Kier molecular flexibility index (Phi) is 3.53. The van der Waals surface area contributed by atoms with E-state index in [1.165, 1.54) is 0 Å². The third kappa shape index (κ3) is 1.80. The molecule has 0 aromatic carbocycles. The number of thiocarbonyl (C=S) groups is 1. The molecule has 1 atom stereocenters. The molecule has 1 aliphatic heterocycles. The molecule has 2 nitrogen and oxygen atoms in total. The van der Waals surface area contributed by atoms with Gasteiger partial charge in [0.2, 0.25) is 5.91 Å².